The maximum Gasteiger partial charge on any atom is 0.231 e. The zero-order valence-corrected chi connectivity index (χ0v) is 11.4. The number of hydrogen-bond acceptors (Lipinski definition) is 4. The van der Waals surface area contributed by atoms with Gasteiger partial charge in [-0.25, -0.2) is 0 Å². The molecule has 0 aliphatic heterocycles. The Labute approximate surface area is 103 Å². The van der Waals surface area contributed by atoms with Gasteiger partial charge in [0.25, 0.3) is 0 Å². The van der Waals surface area contributed by atoms with Crippen LogP contribution in [0.5, 0.6) is 0 Å². The third kappa shape index (κ3) is 2.51. The molecule has 3 unspecified atom stereocenters. The molecule has 1 aliphatic rings. The number of nitrogens with zero attached hydrogens (tertiary/aromatic N) is 2. The molecule has 1 heterocycles. The predicted molar refractivity (Wildman–Crippen MR) is 67.0 cm³/mol. The molecule has 1 N–H and O–H groups in total. The Balaban J connectivity index is 2.03. The summed E-state index contributed by atoms with van der Waals surface area (Å²) in [4.78, 5) is 4.55. The van der Waals surface area contributed by atoms with Crippen molar-refractivity contribution in [2.75, 3.05) is 6.54 Å². The van der Waals surface area contributed by atoms with Crippen molar-refractivity contribution in [3.8, 4) is 0 Å². The summed E-state index contributed by atoms with van der Waals surface area (Å²) in [7, 11) is 0. The second-order valence-corrected chi connectivity index (χ2v) is 5.87. The van der Waals surface area contributed by atoms with E-state index in [1.807, 2.05) is 0 Å². The second kappa shape index (κ2) is 4.41. The van der Waals surface area contributed by atoms with Crippen molar-refractivity contribution in [2.24, 2.45) is 5.41 Å². The first kappa shape index (κ1) is 12.6. The third-order valence-corrected chi connectivity index (χ3v) is 3.95. The maximum absolute atomic E-state index is 5.39. The van der Waals surface area contributed by atoms with Crippen LogP contribution in [0.4, 0.5) is 0 Å². The Kier molecular flexibility index (Phi) is 3.25. The highest BCUT2D eigenvalue weighted by Crippen LogP contribution is 2.57. The molecule has 1 aliphatic carbocycles. The van der Waals surface area contributed by atoms with Gasteiger partial charge in [-0.2, -0.15) is 4.98 Å². The van der Waals surface area contributed by atoms with Gasteiger partial charge in [-0.15, -0.1) is 0 Å². The quantitative estimate of drug-likeness (QED) is 0.855. The van der Waals surface area contributed by atoms with Crippen LogP contribution in [0, 0.1) is 5.41 Å². The van der Waals surface area contributed by atoms with Crippen LogP contribution in [0.15, 0.2) is 4.52 Å². The lowest BCUT2D eigenvalue weighted by atomic mass is 10.0. The van der Waals surface area contributed by atoms with Crippen LogP contribution in [0.2, 0.25) is 0 Å². The van der Waals surface area contributed by atoms with Gasteiger partial charge < -0.3 is 9.84 Å². The summed E-state index contributed by atoms with van der Waals surface area (Å²) in [6, 6.07) is 0.362. The van der Waals surface area contributed by atoms with Gasteiger partial charge in [0.2, 0.25) is 5.89 Å². The molecule has 96 valence electrons. The first-order valence-electron chi connectivity index (χ1n) is 6.52. The number of rotatable bonds is 5. The van der Waals surface area contributed by atoms with E-state index in [2.05, 4.69) is 50.1 Å². The molecule has 0 saturated heterocycles. The van der Waals surface area contributed by atoms with Crippen molar-refractivity contribution in [3.05, 3.63) is 11.7 Å². The molecule has 4 nitrogen and oxygen atoms in total. The average Bonchev–Trinajstić information content (AvgIpc) is 2.73. The van der Waals surface area contributed by atoms with Crippen molar-refractivity contribution in [3.63, 3.8) is 0 Å². The maximum atomic E-state index is 5.39. The van der Waals surface area contributed by atoms with Crippen LogP contribution >= 0.6 is 0 Å². The van der Waals surface area contributed by atoms with E-state index < -0.39 is 0 Å². The Hall–Kier alpha value is -0.900. The van der Waals surface area contributed by atoms with Crippen LogP contribution < -0.4 is 5.32 Å². The van der Waals surface area contributed by atoms with Crippen molar-refractivity contribution in [1.82, 2.24) is 15.5 Å². The molecule has 0 bridgehead atoms. The summed E-state index contributed by atoms with van der Waals surface area (Å²) < 4.78 is 5.39. The smallest absolute Gasteiger partial charge is 0.231 e. The van der Waals surface area contributed by atoms with E-state index in [9.17, 15) is 0 Å². The normalized spacial score (nSPS) is 25.6. The standard InChI is InChI=1S/C13H23N3O/c1-6-14-9(3)8(2)12-15-11(16-17-12)10-7-13(10,4)5/h8-10,14H,6-7H2,1-5H3. The molecule has 4 heteroatoms. The molecule has 1 saturated carbocycles. The molecule has 1 fully saturated rings. The van der Waals surface area contributed by atoms with E-state index in [0.717, 1.165) is 18.3 Å². The Morgan fingerprint density at radius 2 is 2.12 bits per heavy atom. The average molecular weight is 237 g/mol. The molecule has 0 radical (unpaired) electrons. The summed E-state index contributed by atoms with van der Waals surface area (Å²) >= 11 is 0. The van der Waals surface area contributed by atoms with Crippen molar-refractivity contribution in [1.29, 1.82) is 0 Å². The van der Waals surface area contributed by atoms with E-state index in [4.69, 9.17) is 4.52 Å². The fraction of sp³-hybridized carbons (Fsp3) is 0.846. The van der Waals surface area contributed by atoms with Crippen LogP contribution in [0.1, 0.15) is 64.6 Å². The number of nitrogens with one attached hydrogen (secondary N) is 1. The topological polar surface area (TPSA) is 51.0 Å². The van der Waals surface area contributed by atoms with E-state index in [-0.39, 0.29) is 5.92 Å². The van der Waals surface area contributed by atoms with Gasteiger partial charge in [-0.3, -0.25) is 0 Å². The number of likely N-dealkylation sites (N-methyl/N-ethyl adjacent to an activating group) is 1. The van der Waals surface area contributed by atoms with E-state index in [0.29, 0.717) is 17.4 Å². The number of hydrogen-bond donors (Lipinski definition) is 1. The minimum Gasteiger partial charge on any atom is -0.339 e. The largest absolute Gasteiger partial charge is 0.339 e. The van der Waals surface area contributed by atoms with Crippen LogP contribution in [0.25, 0.3) is 0 Å². The van der Waals surface area contributed by atoms with E-state index in [1.165, 1.54) is 6.42 Å². The highest BCUT2D eigenvalue weighted by Gasteiger charge is 2.49. The molecular weight excluding hydrogens is 214 g/mol. The molecule has 1 aromatic rings. The Bertz CT molecular complexity index is 386. The first-order chi connectivity index (χ1) is 7.95. The summed E-state index contributed by atoms with van der Waals surface area (Å²) in [6.07, 6.45) is 1.17. The van der Waals surface area contributed by atoms with Gasteiger partial charge in [-0.1, -0.05) is 32.9 Å². The molecule has 2 rings (SSSR count). The SMILES string of the molecule is CCNC(C)C(C)c1nc(C2CC2(C)C)no1. The summed E-state index contributed by atoms with van der Waals surface area (Å²) in [5, 5.41) is 7.51. The molecule has 1 aromatic heterocycles. The minimum absolute atomic E-state index is 0.262. The first-order valence-corrected chi connectivity index (χ1v) is 6.52. The van der Waals surface area contributed by atoms with Gasteiger partial charge in [0, 0.05) is 12.0 Å². The second-order valence-electron chi connectivity index (χ2n) is 5.87. The van der Waals surface area contributed by atoms with Crippen LogP contribution in [-0.2, 0) is 0 Å². The summed E-state index contributed by atoms with van der Waals surface area (Å²) in [6.45, 7) is 11.8. The zero-order chi connectivity index (χ0) is 12.6. The molecule has 0 spiro atoms. The van der Waals surface area contributed by atoms with Gasteiger partial charge in [0.15, 0.2) is 5.82 Å². The minimum atomic E-state index is 0.262. The molecule has 0 amide bonds. The number of aromatic nitrogens is 2. The van der Waals surface area contributed by atoms with Gasteiger partial charge in [0.1, 0.15) is 0 Å². The fourth-order valence-corrected chi connectivity index (χ4v) is 2.19. The van der Waals surface area contributed by atoms with Crippen molar-refractivity contribution < 1.29 is 4.52 Å². The fourth-order valence-electron chi connectivity index (χ4n) is 2.19. The molecule has 17 heavy (non-hydrogen) atoms. The molecular formula is C13H23N3O. The monoisotopic (exact) mass is 237 g/mol. The van der Waals surface area contributed by atoms with Gasteiger partial charge in [0.05, 0.1) is 5.92 Å². The van der Waals surface area contributed by atoms with E-state index >= 15 is 0 Å². The predicted octanol–water partition coefficient (Wildman–Crippen LogP) is 2.68. The lowest BCUT2D eigenvalue weighted by Crippen LogP contribution is -2.30. The highest BCUT2D eigenvalue weighted by atomic mass is 16.5. The lowest BCUT2D eigenvalue weighted by molar-refractivity contribution is 0.329. The Morgan fingerprint density at radius 3 is 2.65 bits per heavy atom. The van der Waals surface area contributed by atoms with Gasteiger partial charge in [-0.05, 0) is 25.3 Å². The Morgan fingerprint density at radius 1 is 1.47 bits per heavy atom. The third-order valence-electron chi connectivity index (χ3n) is 3.95. The summed E-state index contributed by atoms with van der Waals surface area (Å²) in [5.74, 6) is 2.40. The van der Waals surface area contributed by atoms with E-state index in [1.54, 1.807) is 0 Å². The molecule has 0 aromatic carbocycles. The van der Waals surface area contributed by atoms with Crippen LogP contribution in [0.3, 0.4) is 0 Å². The molecule has 3 atom stereocenters. The summed E-state index contributed by atoms with van der Waals surface area (Å²) in [5.41, 5.74) is 0.359. The van der Waals surface area contributed by atoms with Crippen molar-refractivity contribution in [2.45, 2.75) is 58.9 Å². The highest BCUT2D eigenvalue weighted by molar-refractivity contribution is 5.15. The van der Waals surface area contributed by atoms with Crippen LogP contribution in [-0.4, -0.2) is 22.7 Å². The zero-order valence-electron chi connectivity index (χ0n) is 11.4. The lowest BCUT2D eigenvalue weighted by Gasteiger charge is -2.16. The van der Waals surface area contributed by atoms with Crippen molar-refractivity contribution >= 4 is 0 Å². The van der Waals surface area contributed by atoms with Gasteiger partial charge >= 0.3 is 0 Å².